The van der Waals surface area contributed by atoms with Crippen molar-refractivity contribution >= 4 is 23.4 Å². The Morgan fingerprint density at radius 2 is 2.15 bits per heavy atom. The van der Waals surface area contributed by atoms with E-state index in [0.717, 1.165) is 35.7 Å². The lowest BCUT2D eigenvalue weighted by atomic mass is 10.2. The molecule has 0 radical (unpaired) electrons. The van der Waals surface area contributed by atoms with Crippen LogP contribution in [0.15, 0.2) is 48.8 Å². The molecule has 1 amide bonds. The highest BCUT2D eigenvalue weighted by Crippen LogP contribution is 2.19. The number of carbonyl (C=O) groups excluding carboxylic acids is 1. The molecule has 0 unspecified atom stereocenters. The zero-order chi connectivity index (χ0) is 18.2. The molecule has 0 atom stereocenters. The first-order valence-electron chi connectivity index (χ1n) is 8.64. The minimum atomic E-state index is 0.00845. The Morgan fingerprint density at radius 1 is 1.31 bits per heavy atom. The molecule has 2 heterocycles. The van der Waals surface area contributed by atoms with Crippen LogP contribution in [0, 0.1) is 0 Å². The van der Waals surface area contributed by atoms with Gasteiger partial charge in [0, 0.05) is 30.7 Å². The normalized spacial score (nSPS) is 14.7. The maximum Gasteiger partial charge on any atom is 0.253 e. The highest BCUT2D eigenvalue weighted by atomic mass is 16.5. The number of hydrogen-bond donors (Lipinski definition) is 1. The maximum atomic E-state index is 11.8. The number of anilines is 2. The highest BCUT2D eigenvalue weighted by Gasteiger charge is 2.19. The predicted molar refractivity (Wildman–Crippen MR) is 103 cm³/mol. The third-order valence-electron chi connectivity index (χ3n) is 4.09. The number of pyridine rings is 1. The number of morpholine rings is 1. The van der Waals surface area contributed by atoms with Crippen molar-refractivity contribution in [1.82, 2.24) is 4.98 Å². The van der Waals surface area contributed by atoms with Crippen molar-refractivity contribution in [3.8, 4) is 5.75 Å². The average Bonchev–Trinajstić information content (AvgIpc) is 2.69. The molecule has 0 saturated carbocycles. The smallest absolute Gasteiger partial charge is 0.253 e. The summed E-state index contributed by atoms with van der Waals surface area (Å²) in [5.41, 5.74) is 2.96. The van der Waals surface area contributed by atoms with Crippen molar-refractivity contribution in [2.75, 3.05) is 43.6 Å². The van der Waals surface area contributed by atoms with Crippen LogP contribution in [0.2, 0.25) is 0 Å². The number of carbonyl (C=O) groups is 1. The van der Waals surface area contributed by atoms with E-state index in [4.69, 9.17) is 9.47 Å². The van der Waals surface area contributed by atoms with E-state index in [1.807, 2.05) is 36.4 Å². The van der Waals surface area contributed by atoms with Gasteiger partial charge in [0.25, 0.3) is 5.91 Å². The highest BCUT2D eigenvalue weighted by molar-refractivity contribution is 5.95. The summed E-state index contributed by atoms with van der Waals surface area (Å²) in [5, 5.41) is 3.38. The van der Waals surface area contributed by atoms with E-state index in [1.165, 1.54) is 0 Å². The second-order valence-electron chi connectivity index (χ2n) is 5.92. The lowest BCUT2D eigenvalue weighted by molar-refractivity contribution is -0.125. The van der Waals surface area contributed by atoms with E-state index < -0.39 is 0 Å². The predicted octanol–water partition coefficient (Wildman–Crippen LogP) is 2.97. The Hall–Kier alpha value is -2.86. The minimum Gasteiger partial charge on any atom is -0.495 e. The second kappa shape index (κ2) is 9.01. The standard InChI is InChI=1S/C20H23N3O3/c1-25-19-12-16(13-21-14-19)4-2-3-9-22-17-5-7-18(8-6-17)23-10-11-26-15-20(23)24/h2,4-8,12-14,22H,3,9-11,15H2,1H3/b4-2+. The van der Waals surface area contributed by atoms with E-state index in [0.29, 0.717) is 13.2 Å². The summed E-state index contributed by atoms with van der Waals surface area (Å²) in [6, 6.07) is 9.86. The molecule has 26 heavy (non-hydrogen) atoms. The first-order chi connectivity index (χ1) is 12.8. The Morgan fingerprint density at radius 3 is 2.92 bits per heavy atom. The molecule has 1 aromatic heterocycles. The van der Waals surface area contributed by atoms with Crippen LogP contribution < -0.4 is 15.0 Å². The molecule has 6 heteroatoms. The van der Waals surface area contributed by atoms with Gasteiger partial charge in [0.05, 0.1) is 19.9 Å². The van der Waals surface area contributed by atoms with Crippen molar-refractivity contribution in [1.29, 1.82) is 0 Å². The van der Waals surface area contributed by atoms with Crippen LogP contribution in [0.1, 0.15) is 12.0 Å². The third kappa shape index (κ3) is 4.83. The third-order valence-corrected chi connectivity index (χ3v) is 4.09. The van der Waals surface area contributed by atoms with Crippen LogP contribution in [0.4, 0.5) is 11.4 Å². The number of methoxy groups -OCH3 is 1. The van der Waals surface area contributed by atoms with Gasteiger partial charge < -0.3 is 19.7 Å². The van der Waals surface area contributed by atoms with Gasteiger partial charge in [-0.3, -0.25) is 9.78 Å². The number of nitrogens with one attached hydrogen (secondary N) is 1. The number of ether oxygens (including phenoxy) is 2. The number of amides is 1. The number of hydrogen-bond acceptors (Lipinski definition) is 5. The van der Waals surface area contributed by atoms with E-state index in [1.54, 1.807) is 24.4 Å². The summed E-state index contributed by atoms with van der Waals surface area (Å²) in [7, 11) is 1.63. The summed E-state index contributed by atoms with van der Waals surface area (Å²) in [5.74, 6) is 0.762. The van der Waals surface area contributed by atoms with E-state index in [-0.39, 0.29) is 12.5 Å². The average molecular weight is 353 g/mol. The second-order valence-corrected chi connectivity index (χ2v) is 5.92. The van der Waals surface area contributed by atoms with Crippen LogP contribution >= 0.6 is 0 Å². The molecule has 0 aliphatic carbocycles. The van der Waals surface area contributed by atoms with Gasteiger partial charge in [-0.25, -0.2) is 0 Å². The largest absolute Gasteiger partial charge is 0.495 e. The molecule has 1 aromatic carbocycles. The van der Waals surface area contributed by atoms with Crippen LogP contribution in [-0.4, -0.2) is 44.3 Å². The Kier molecular flexibility index (Phi) is 6.22. The van der Waals surface area contributed by atoms with Gasteiger partial charge in [0.15, 0.2) is 0 Å². The van der Waals surface area contributed by atoms with Gasteiger partial charge in [0.2, 0.25) is 0 Å². The molecule has 1 saturated heterocycles. The van der Waals surface area contributed by atoms with Crippen molar-refractivity contribution in [3.05, 3.63) is 54.4 Å². The maximum absolute atomic E-state index is 11.8. The molecule has 2 aromatic rings. The lowest BCUT2D eigenvalue weighted by Crippen LogP contribution is -2.41. The zero-order valence-electron chi connectivity index (χ0n) is 14.9. The minimum absolute atomic E-state index is 0.00845. The van der Waals surface area contributed by atoms with Gasteiger partial charge in [-0.15, -0.1) is 0 Å². The van der Waals surface area contributed by atoms with E-state index in [2.05, 4.69) is 16.4 Å². The monoisotopic (exact) mass is 353 g/mol. The lowest BCUT2D eigenvalue weighted by Gasteiger charge is -2.26. The fraction of sp³-hybridized carbons (Fsp3) is 0.300. The Labute approximate surface area is 153 Å². The van der Waals surface area contributed by atoms with Gasteiger partial charge in [0.1, 0.15) is 12.4 Å². The number of aromatic nitrogens is 1. The summed E-state index contributed by atoms with van der Waals surface area (Å²) < 4.78 is 10.3. The zero-order valence-corrected chi connectivity index (χ0v) is 14.9. The molecule has 3 rings (SSSR count). The summed E-state index contributed by atoms with van der Waals surface area (Å²) in [6.07, 6.45) is 8.51. The van der Waals surface area contributed by atoms with Gasteiger partial charge in [-0.1, -0.05) is 12.2 Å². The molecule has 6 nitrogen and oxygen atoms in total. The Balaban J connectivity index is 1.46. The topological polar surface area (TPSA) is 63.7 Å². The van der Waals surface area contributed by atoms with Crippen LogP contribution in [0.5, 0.6) is 5.75 Å². The van der Waals surface area contributed by atoms with Crippen molar-refractivity contribution in [2.45, 2.75) is 6.42 Å². The van der Waals surface area contributed by atoms with Crippen LogP contribution in [0.3, 0.4) is 0 Å². The summed E-state index contributed by atoms with van der Waals surface area (Å²) in [4.78, 5) is 17.7. The molecular weight excluding hydrogens is 330 g/mol. The van der Waals surface area contributed by atoms with Gasteiger partial charge in [-0.05, 0) is 42.3 Å². The summed E-state index contributed by atoms with van der Waals surface area (Å²) >= 11 is 0. The molecule has 1 aliphatic heterocycles. The fourth-order valence-corrected chi connectivity index (χ4v) is 2.71. The molecule has 0 bridgehead atoms. The first kappa shape index (κ1) is 17.9. The van der Waals surface area contributed by atoms with Crippen LogP contribution in [0.25, 0.3) is 6.08 Å². The Bertz CT molecular complexity index is 759. The van der Waals surface area contributed by atoms with E-state index in [9.17, 15) is 4.79 Å². The molecular formula is C20H23N3O3. The molecule has 0 spiro atoms. The number of nitrogens with zero attached hydrogens (tertiary/aromatic N) is 2. The quantitative estimate of drug-likeness (QED) is 0.776. The SMILES string of the molecule is COc1cncc(/C=C/CCNc2ccc(N3CCOCC3=O)cc2)c1. The molecule has 1 N–H and O–H groups in total. The van der Waals surface area contributed by atoms with Crippen molar-refractivity contribution in [3.63, 3.8) is 0 Å². The van der Waals surface area contributed by atoms with E-state index >= 15 is 0 Å². The summed E-state index contributed by atoms with van der Waals surface area (Å²) in [6.45, 7) is 2.18. The van der Waals surface area contributed by atoms with Gasteiger partial charge in [-0.2, -0.15) is 0 Å². The van der Waals surface area contributed by atoms with Crippen LogP contribution in [-0.2, 0) is 9.53 Å². The molecule has 136 valence electrons. The molecule has 1 aliphatic rings. The molecule has 1 fully saturated rings. The van der Waals surface area contributed by atoms with Gasteiger partial charge >= 0.3 is 0 Å². The number of rotatable bonds is 7. The van der Waals surface area contributed by atoms with Crippen molar-refractivity contribution in [2.24, 2.45) is 0 Å². The number of benzene rings is 1. The first-order valence-corrected chi connectivity index (χ1v) is 8.64. The van der Waals surface area contributed by atoms with Crippen molar-refractivity contribution < 1.29 is 14.3 Å². The fourth-order valence-electron chi connectivity index (χ4n) is 2.71.